The Morgan fingerprint density at radius 3 is 2.68 bits per heavy atom. The quantitative estimate of drug-likeness (QED) is 0.323. The molecule has 1 amide bonds. The van der Waals surface area contributed by atoms with Crippen LogP contribution in [-0.2, 0) is 17.5 Å². The summed E-state index contributed by atoms with van der Waals surface area (Å²) in [6, 6.07) is 15.0. The Labute approximate surface area is 211 Å². The van der Waals surface area contributed by atoms with Gasteiger partial charge in [0.15, 0.2) is 0 Å². The van der Waals surface area contributed by atoms with Gasteiger partial charge in [0.05, 0.1) is 16.8 Å². The third-order valence-electron chi connectivity index (χ3n) is 6.14. The first-order chi connectivity index (χ1) is 17.8. The molecule has 7 nitrogen and oxygen atoms in total. The molecule has 3 heterocycles. The second kappa shape index (κ2) is 10.6. The molecular formula is C27H25F3N4O3. The summed E-state index contributed by atoms with van der Waals surface area (Å²) >= 11 is 0. The Balaban J connectivity index is 1.25. The highest BCUT2D eigenvalue weighted by atomic mass is 19.4. The smallest absolute Gasteiger partial charge is 0.416 e. The number of carbonyl (C=O) groups excluding carboxylic acids is 1. The first kappa shape index (κ1) is 24.8. The van der Waals surface area contributed by atoms with Crippen LogP contribution >= 0.6 is 0 Å². The van der Waals surface area contributed by atoms with Crippen LogP contribution in [0, 0.1) is 0 Å². The number of ether oxygens (including phenoxy) is 2. The Morgan fingerprint density at radius 1 is 1.05 bits per heavy atom. The molecular weight excluding hydrogens is 485 g/mol. The van der Waals surface area contributed by atoms with Crippen molar-refractivity contribution in [3.8, 4) is 11.5 Å². The van der Waals surface area contributed by atoms with E-state index in [1.807, 2.05) is 6.07 Å². The second-order valence-corrected chi connectivity index (χ2v) is 8.77. The van der Waals surface area contributed by atoms with Gasteiger partial charge in [-0.05, 0) is 61.4 Å². The van der Waals surface area contributed by atoms with E-state index in [2.05, 4.69) is 15.6 Å². The predicted octanol–water partition coefficient (Wildman–Crippen LogP) is 6.20. The fraction of sp³-hybridized carbons (Fsp3) is 0.259. The lowest BCUT2D eigenvalue weighted by Gasteiger charge is -2.23. The maximum absolute atomic E-state index is 13.0. The van der Waals surface area contributed by atoms with E-state index in [9.17, 15) is 18.0 Å². The zero-order valence-corrected chi connectivity index (χ0v) is 19.8. The lowest BCUT2D eigenvalue weighted by molar-refractivity contribution is -0.137. The highest BCUT2D eigenvalue weighted by molar-refractivity contribution is 5.98. The fourth-order valence-corrected chi connectivity index (χ4v) is 4.22. The molecule has 0 spiro atoms. The molecule has 1 aliphatic rings. The highest BCUT2D eigenvalue weighted by Gasteiger charge is 2.30. The standard InChI is InChI=1S/C27H25F3N4O3/c28-27(29,30)19-2-1-3-21(15-19)33-26(35)34-11-7-18-14-23(4-5-25(18)34)37-24-6-10-31-22(16-24)17-32-20-8-12-36-13-9-20/h1-7,10-11,14-16,20,32H,8-9,12-13,17H2,(H,33,35). The van der Waals surface area contributed by atoms with Crippen molar-refractivity contribution in [3.63, 3.8) is 0 Å². The van der Waals surface area contributed by atoms with Crippen molar-refractivity contribution in [2.75, 3.05) is 18.5 Å². The summed E-state index contributed by atoms with van der Waals surface area (Å²) < 4.78 is 51.7. The number of aromatic nitrogens is 2. The van der Waals surface area contributed by atoms with Crippen molar-refractivity contribution in [3.05, 3.63) is 84.3 Å². The fourth-order valence-electron chi connectivity index (χ4n) is 4.22. The summed E-state index contributed by atoms with van der Waals surface area (Å²) in [7, 11) is 0. The largest absolute Gasteiger partial charge is 0.457 e. The van der Waals surface area contributed by atoms with Gasteiger partial charge in [0.2, 0.25) is 0 Å². The van der Waals surface area contributed by atoms with Crippen LogP contribution in [0.5, 0.6) is 11.5 Å². The third kappa shape index (κ3) is 6.10. The molecule has 10 heteroatoms. The van der Waals surface area contributed by atoms with Gasteiger partial charge in [0.25, 0.3) is 0 Å². The number of alkyl halides is 3. The summed E-state index contributed by atoms with van der Waals surface area (Å²) in [5.41, 5.74) is 0.680. The van der Waals surface area contributed by atoms with Gasteiger partial charge in [-0.1, -0.05) is 6.07 Å². The molecule has 0 atom stereocenters. The van der Waals surface area contributed by atoms with Crippen molar-refractivity contribution in [1.29, 1.82) is 0 Å². The SMILES string of the molecule is O=C(Nc1cccc(C(F)(F)F)c1)n1ccc2cc(Oc3ccnc(CNC4CCOCC4)c3)ccc21. The molecule has 2 aromatic heterocycles. The van der Waals surface area contributed by atoms with Crippen LogP contribution in [-0.4, -0.2) is 34.8 Å². The first-order valence-electron chi connectivity index (χ1n) is 11.9. The van der Waals surface area contributed by atoms with Crippen LogP contribution in [0.1, 0.15) is 24.1 Å². The monoisotopic (exact) mass is 510 g/mol. The van der Waals surface area contributed by atoms with Crippen LogP contribution in [0.3, 0.4) is 0 Å². The van der Waals surface area contributed by atoms with Crippen LogP contribution in [0.25, 0.3) is 10.9 Å². The summed E-state index contributed by atoms with van der Waals surface area (Å²) in [5, 5.41) is 6.76. The number of fused-ring (bicyclic) bond motifs is 1. The number of carbonyl (C=O) groups is 1. The van der Waals surface area contributed by atoms with Crippen LogP contribution in [0.4, 0.5) is 23.7 Å². The molecule has 1 saturated heterocycles. The van der Waals surface area contributed by atoms with Gasteiger partial charge >= 0.3 is 12.2 Å². The van der Waals surface area contributed by atoms with Crippen molar-refractivity contribution >= 4 is 22.6 Å². The van der Waals surface area contributed by atoms with Gasteiger partial charge < -0.3 is 20.1 Å². The number of anilines is 1. The number of hydrogen-bond acceptors (Lipinski definition) is 5. The molecule has 2 aromatic carbocycles. The lowest BCUT2D eigenvalue weighted by atomic mass is 10.1. The summed E-state index contributed by atoms with van der Waals surface area (Å²) in [4.78, 5) is 17.2. The maximum Gasteiger partial charge on any atom is 0.416 e. The molecule has 0 radical (unpaired) electrons. The van der Waals surface area contributed by atoms with Gasteiger partial charge in [-0.15, -0.1) is 0 Å². The van der Waals surface area contributed by atoms with Crippen molar-refractivity contribution in [2.45, 2.75) is 31.6 Å². The Hall–Kier alpha value is -3.89. The van der Waals surface area contributed by atoms with Gasteiger partial charge in [-0.3, -0.25) is 9.55 Å². The average Bonchev–Trinajstić information content (AvgIpc) is 3.31. The van der Waals surface area contributed by atoms with E-state index < -0.39 is 17.8 Å². The minimum Gasteiger partial charge on any atom is -0.457 e. The van der Waals surface area contributed by atoms with Crippen molar-refractivity contribution in [2.24, 2.45) is 0 Å². The predicted molar refractivity (Wildman–Crippen MR) is 133 cm³/mol. The number of nitrogens with one attached hydrogen (secondary N) is 2. The Bertz CT molecular complexity index is 1400. The van der Waals surface area contributed by atoms with E-state index in [0.717, 1.165) is 49.3 Å². The number of nitrogens with zero attached hydrogens (tertiary/aromatic N) is 2. The number of rotatable bonds is 6. The zero-order valence-electron chi connectivity index (χ0n) is 19.8. The Kier molecular flexibility index (Phi) is 7.11. The molecule has 0 aliphatic carbocycles. The lowest BCUT2D eigenvalue weighted by Crippen LogP contribution is -2.34. The van der Waals surface area contributed by atoms with Gasteiger partial charge in [-0.25, -0.2) is 4.79 Å². The molecule has 192 valence electrons. The molecule has 0 bridgehead atoms. The highest BCUT2D eigenvalue weighted by Crippen LogP contribution is 2.31. The number of amides is 1. The van der Waals surface area contributed by atoms with Crippen molar-refractivity contribution < 1.29 is 27.4 Å². The van der Waals surface area contributed by atoms with E-state index in [-0.39, 0.29) is 5.69 Å². The number of hydrogen-bond donors (Lipinski definition) is 2. The van der Waals surface area contributed by atoms with E-state index in [4.69, 9.17) is 9.47 Å². The van der Waals surface area contributed by atoms with Crippen molar-refractivity contribution in [1.82, 2.24) is 14.9 Å². The number of benzene rings is 2. The van der Waals surface area contributed by atoms with Gasteiger partial charge in [0, 0.05) is 55.3 Å². The van der Waals surface area contributed by atoms with Gasteiger partial charge in [-0.2, -0.15) is 13.2 Å². The minimum atomic E-state index is -4.49. The first-order valence-corrected chi connectivity index (χ1v) is 11.9. The summed E-state index contributed by atoms with van der Waals surface area (Å²) in [6.07, 6.45) is 0.725. The maximum atomic E-state index is 13.0. The summed E-state index contributed by atoms with van der Waals surface area (Å²) in [5.74, 6) is 1.22. The molecule has 2 N–H and O–H groups in total. The molecule has 1 aliphatic heterocycles. The van der Waals surface area contributed by atoms with E-state index in [0.29, 0.717) is 29.6 Å². The zero-order chi connectivity index (χ0) is 25.8. The van der Waals surface area contributed by atoms with Crippen LogP contribution in [0.15, 0.2) is 73.1 Å². The van der Waals surface area contributed by atoms with Crippen LogP contribution < -0.4 is 15.4 Å². The topological polar surface area (TPSA) is 77.4 Å². The molecule has 1 fully saturated rings. The number of halogens is 3. The second-order valence-electron chi connectivity index (χ2n) is 8.77. The molecule has 4 aromatic rings. The minimum absolute atomic E-state index is 0.0569. The molecule has 0 unspecified atom stereocenters. The molecule has 5 rings (SSSR count). The summed E-state index contributed by atoms with van der Waals surface area (Å²) in [6.45, 7) is 2.17. The molecule has 37 heavy (non-hydrogen) atoms. The average molecular weight is 511 g/mol. The van der Waals surface area contributed by atoms with Gasteiger partial charge in [0.1, 0.15) is 11.5 Å². The molecule has 0 saturated carbocycles. The Morgan fingerprint density at radius 2 is 1.86 bits per heavy atom. The normalized spacial score (nSPS) is 14.6. The van der Waals surface area contributed by atoms with E-state index in [1.165, 1.54) is 16.7 Å². The van der Waals surface area contributed by atoms with Crippen LogP contribution in [0.2, 0.25) is 0 Å². The number of pyridine rings is 1. The third-order valence-corrected chi connectivity index (χ3v) is 6.14. The van der Waals surface area contributed by atoms with E-state index in [1.54, 1.807) is 42.7 Å². The van der Waals surface area contributed by atoms with E-state index >= 15 is 0 Å².